The van der Waals surface area contributed by atoms with Crippen molar-refractivity contribution >= 4 is 11.5 Å². The van der Waals surface area contributed by atoms with Crippen LogP contribution in [0.1, 0.15) is 25.3 Å². The van der Waals surface area contributed by atoms with Crippen LogP contribution in [0.15, 0.2) is 54.9 Å². The third-order valence-corrected chi connectivity index (χ3v) is 4.18. The van der Waals surface area contributed by atoms with Gasteiger partial charge in [-0.3, -0.25) is 0 Å². The number of aryl methyl sites for hydroxylation is 1. The van der Waals surface area contributed by atoms with Crippen LogP contribution in [0, 0.1) is 6.92 Å². The van der Waals surface area contributed by atoms with E-state index in [4.69, 9.17) is 4.98 Å². The van der Waals surface area contributed by atoms with Crippen LogP contribution < -0.4 is 4.90 Å². The van der Waals surface area contributed by atoms with Gasteiger partial charge in [-0.15, -0.1) is 0 Å². The molecule has 4 nitrogen and oxygen atoms in total. The molecule has 3 rings (SSSR count). The molecule has 114 valence electrons. The first kappa shape index (κ1) is 14.6. The van der Waals surface area contributed by atoms with Gasteiger partial charge < -0.3 is 4.90 Å². The number of hydrogen-bond donors (Lipinski definition) is 0. The molecule has 0 radical (unpaired) electrons. The van der Waals surface area contributed by atoms with Crippen molar-refractivity contribution in [1.82, 2.24) is 14.6 Å². The summed E-state index contributed by atoms with van der Waals surface area (Å²) in [6, 6.07) is 2.40. The molecule has 0 aromatic carbocycles. The van der Waals surface area contributed by atoms with E-state index in [1.54, 1.807) is 0 Å². The summed E-state index contributed by atoms with van der Waals surface area (Å²) in [5.41, 5.74) is 3.29. The predicted octanol–water partition coefficient (Wildman–Crippen LogP) is 3.70. The molecule has 1 unspecified atom stereocenters. The van der Waals surface area contributed by atoms with Crippen LogP contribution in [0.25, 0.3) is 5.65 Å². The molecule has 1 aliphatic rings. The molecular weight excluding hydrogens is 272 g/mol. The summed E-state index contributed by atoms with van der Waals surface area (Å²) in [7, 11) is 0. The molecule has 0 N–H and O–H groups in total. The average Bonchev–Trinajstić information content (AvgIpc) is 3.15. The molecule has 1 atom stereocenters. The van der Waals surface area contributed by atoms with Crippen LogP contribution in [0.4, 0.5) is 5.82 Å². The lowest BCUT2D eigenvalue weighted by molar-refractivity contribution is 0.765. The molecule has 0 saturated carbocycles. The Balaban J connectivity index is 1.97. The van der Waals surface area contributed by atoms with Crippen LogP contribution >= 0.6 is 0 Å². The minimum Gasteiger partial charge on any atom is -0.349 e. The van der Waals surface area contributed by atoms with Gasteiger partial charge in [0.15, 0.2) is 5.65 Å². The molecule has 0 aliphatic carbocycles. The highest BCUT2D eigenvalue weighted by molar-refractivity contribution is 5.54. The van der Waals surface area contributed by atoms with Crippen molar-refractivity contribution in [2.75, 3.05) is 11.4 Å². The van der Waals surface area contributed by atoms with E-state index in [9.17, 15) is 0 Å². The smallest absolute Gasteiger partial charge is 0.160 e. The lowest BCUT2D eigenvalue weighted by Crippen LogP contribution is -2.31. The Labute approximate surface area is 131 Å². The van der Waals surface area contributed by atoms with E-state index in [1.807, 2.05) is 49.0 Å². The molecule has 1 saturated heterocycles. The monoisotopic (exact) mass is 294 g/mol. The van der Waals surface area contributed by atoms with E-state index >= 15 is 0 Å². The highest BCUT2D eigenvalue weighted by Crippen LogP contribution is 2.29. The molecule has 4 heteroatoms. The van der Waals surface area contributed by atoms with Gasteiger partial charge in [-0.1, -0.05) is 30.9 Å². The summed E-state index contributed by atoms with van der Waals surface area (Å²) in [6.07, 6.45) is 14.4. The summed E-state index contributed by atoms with van der Waals surface area (Å²) in [5, 5.41) is 4.30. The molecule has 1 aliphatic heterocycles. The Morgan fingerprint density at radius 1 is 1.45 bits per heavy atom. The fourth-order valence-electron chi connectivity index (χ4n) is 3.04. The van der Waals surface area contributed by atoms with Crippen molar-refractivity contribution in [2.24, 2.45) is 0 Å². The van der Waals surface area contributed by atoms with Gasteiger partial charge in [-0.05, 0) is 38.3 Å². The van der Waals surface area contributed by atoms with Crippen LogP contribution in [0.3, 0.4) is 0 Å². The van der Waals surface area contributed by atoms with Crippen LogP contribution in [0.2, 0.25) is 0 Å². The number of hydrogen-bond acceptors (Lipinski definition) is 3. The largest absolute Gasteiger partial charge is 0.349 e. The number of rotatable bonds is 4. The molecule has 0 spiro atoms. The van der Waals surface area contributed by atoms with Crippen molar-refractivity contribution < 1.29 is 0 Å². The molecule has 0 bridgehead atoms. The quantitative estimate of drug-likeness (QED) is 0.806. The molecule has 2 aromatic heterocycles. The van der Waals surface area contributed by atoms with Gasteiger partial charge in [0.25, 0.3) is 0 Å². The van der Waals surface area contributed by atoms with E-state index in [2.05, 4.69) is 28.7 Å². The average molecular weight is 294 g/mol. The zero-order valence-electron chi connectivity index (χ0n) is 13.2. The molecular formula is C18H22N4. The second-order valence-corrected chi connectivity index (χ2v) is 5.63. The van der Waals surface area contributed by atoms with Crippen molar-refractivity contribution in [3.05, 3.63) is 60.5 Å². The van der Waals surface area contributed by atoms with E-state index in [0.717, 1.165) is 30.0 Å². The first-order valence-corrected chi connectivity index (χ1v) is 7.77. The summed E-state index contributed by atoms with van der Waals surface area (Å²) in [5.74, 6) is 1.02. The number of fused-ring (bicyclic) bond motifs is 1. The Hall–Kier alpha value is -2.36. The van der Waals surface area contributed by atoms with Gasteiger partial charge in [0, 0.05) is 18.3 Å². The van der Waals surface area contributed by atoms with Gasteiger partial charge in [0.05, 0.1) is 12.2 Å². The van der Waals surface area contributed by atoms with Crippen LogP contribution in [0.5, 0.6) is 0 Å². The zero-order chi connectivity index (χ0) is 15.5. The number of nitrogens with zero attached hydrogens (tertiary/aromatic N) is 4. The zero-order valence-corrected chi connectivity index (χ0v) is 13.2. The lowest BCUT2D eigenvalue weighted by atomic mass is 10.0. The summed E-state index contributed by atoms with van der Waals surface area (Å²) < 4.78 is 1.83. The van der Waals surface area contributed by atoms with Gasteiger partial charge in [-0.2, -0.15) is 5.10 Å². The van der Waals surface area contributed by atoms with E-state index in [1.165, 1.54) is 12.0 Å². The van der Waals surface area contributed by atoms with Gasteiger partial charge in [-0.25, -0.2) is 9.50 Å². The highest BCUT2D eigenvalue weighted by atomic mass is 15.3. The third kappa shape index (κ3) is 2.56. The van der Waals surface area contributed by atoms with Crippen LogP contribution in [-0.4, -0.2) is 27.2 Å². The van der Waals surface area contributed by atoms with Crippen LogP contribution in [-0.2, 0) is 0 Å². The number of allylic oxidation sites excluding steroid dienone is 3. The van der Waals surface area contributed by atoms with E-state index in [0.29, 0.717) is 6.04 Å². The fraction of sp³-hybridized carbons (Fsp3) is 0.333. The first-order valence-electron chi connectivity index (χ1n) is 7.77. The Kier molecular flexibility index (Phi) is 4.09. The van der Waals surface area contributed by atoms with E-state index in [-0.39, 0.29) is 0 Å². The number of aromatic nitrogens is 3. The SMILES string of the molecule is C=C/C(=C\C=C/C)C1CCCN1c1ccn2ncc(C)c2n1. The molecule has 1 fully saturated rings. The molecule has 0 amide bonds. The summed E-state index contributed by atoms with van der Waals surface area (Å²) >= 11 is 0. The minimum absolute atomic E-state index is 0.354. The minimum atomic E-state index is 0.354. The maximum absolute atomic E-state index is 4.81. The van der Waals surface area contributed by atoms with Gasteiger partial charge in [0.2, 0.25) is 0 Å². The highest BCUT2D eigenvalue weighted by Gasteiger charge is 2.27. The fourth-order valence-corrected chi connectivity index (χ4v) is 3.04. The molecule has 2 aromatic rings. The standard InChI is InChI=1S/C18H22N4/c1-4-6-8-15(5-2)16-9-7-11-21(16)17-10-12-22-18(20-17)14(3)13-19-22/h4-6,8,10,12-13,16H,2,7,9,11H2,1,3H3/b6-4-,15-8+. The number of anilines is 1. The second-order valence-electron chi connectivity index (χ2n) is 5.63. The lowest BCUT2D eigenvalue weighted by Gasteiger charge is -2.26. The second kappa shape index (κ2) is 6.18. The first-order chi connectivity index (χ1) is 10.7. The molecule has 3 heterocycles. The predicted molar refractivity (Wildman–Crippen MR) is 91.2 cm³/mol. The maximum Gasteiger partial charge on any atom is 0.160 e. The van der Waals surface area contributed by atoms with Gasteiger partial charge >= 0.3 is 0 Å². The topological polar surface area (TPSA) is 33.4 Å². The summed E-state index contributed by atoms with van der Waals surface area (Å²) in [4.78, 5) is 7.19. The van der Waals surface area contributed by atoms with Crippen molar-refractivity contribution in [3.63, 3.8) is 0 Å². The maximum atomic E-state index is 4.81. The van der Waals surface area contributed by atoms with Gasteiger partial charge in [0.1, 0.15) is 5.82 Å². The van der Waals surface area contributed by atoms with Crippen molar-refractivity contribution in [1.29, 1.82) is 0 Å². The Morgan fingerprint density at radius 2 is 2.32 bits per heavy atom. The summed E-state index contributed by atoms with van der Waals surface area (Å²) in [6.45, 7) is 9.08. The van der Waals surface area contributed by atoms with Crippen molar-refractivity contribution in [3.8, 4) is 0 Å². The van der Waals surface area contributed by atoms with Crippen molar-refractivity contribution in [2.45, 2.75) is 32.7 Å². The molecule has 22 heavy (non-hydrogen) atoms. The Bertz CT molecular complexity index is 739. The Morgan fingerprint density at radius 3 is 3.09 bits per heavy atom. The van der Waals surface area contributed by atoms with E-state index < -0.39 is 0 Å². The normalized spacial score (nSPS) is 19.5. The third-order valence-electron chi connectivity index (χ3n) is 4.18.